The van der Waals surface area contributed by atoms with E-state index in [0.29, 0.717) is 18.0 Å². The highest BCUT2D eigenvalue weighted by molar-refractivity contribution is 5.22. The fourth-order valence-corrected chi connectivity index (χ4v) is 3.42. The van der Waals surface area contributed by atoms with Crippen molar-refractivity contribution in [2.24, 2.45) is 5.92 Å². The SMILES string of the molecule is Fc1cc(C2CNCC(CC3CCCC3)O2)cc(F)c1F. The van der Waals surface area contributed by atoms with E-state index in [0.717, 1.165) is 25.1 Å². The van der Waals surface area contributed by atoms with Crippen molar-refractivity contribution >= 4 is 0 Å². The van der Waals surface area contributed by atoms with Gasteiger partial charge in [0, 0.05) is 13.1 Å². The molecule has 0 amide bonds. The van der Waals surface area contributed by atoms with Crippen molar-refractivity contribution < 1.29 is 17.9 Å². The van der Waals surface area contributed by atoms with Crippen molar-refractivity contribution in [3.8, 4) is 0 Å². The molecule has 2 aliphatic rings. The number of hydrogen-bond acceptors (Lipinski definition) is 2. The highest BCUT2D eigenvalue weighted by Crippen LogP contribution is 2.32. The average Bonchev–Trinajstić information content (AvgIpc) is 2.97. The van der Waals surface area contributed by atoms with Gasteiger partial charge in [0.1, 0.15) is 0 Å². The maximum Gasteiger partial charge on any atom is 0.194 e. The summed E-state index contributed by atoms with van der Waals surface area (Å²) in [4.78, 5) is 0. The molecule has 2 atom stereocenters. The number of morpholine rings is 1. The Labute approximate surface area is 122 Å². The van der Waals surface area contributed by atoms with E-state index in [2.05, 4.69) is 5.32 Å². The second kappa shape index (κ2) is 6.36. The van der Waals surface area contributed by atoms with Crippen LogP contribution in [-0.4, -0.2) is 19.2 Å². The molecule has 2 fully saturated rings. The third-order valence-corrected chi connectivity index (χ3v) is 4.51. The van der Waals surface area contributed by atoms with Crippen LogP contribution in [0.2, 0.25) is 0 Å². The lowest BCUT2D eigenvalue weighted by Gasteiger charge is -2.32. The minimum Gasteiger partial charge on any atom is -0.368 e. The van der Waals surface area contributed by atoms with Crippen molar-refractivity contribution in [1.82, 2.24) is 5.32 Å². The first-order valence-electron chi connectivity index (χ1n) is 7.64. The summed E-state index contributed by atoms with van der Waals surface area (Å²) in [5.74, 6) is -3.06. The van der Waals surface area contributed by atoms with Gasteiger partial charge in [0.15, 0.2) is 17.5 Å². The van der Waals surface area contributed by atoms with Crippen LogP contribution in [0.15, 0.2) is 12.1 Å². The van der Waals surface area contributed by atoms with Crippen molar-refractivity contribution in [2.75, 3.05) is 13.1 Å². The molecular formula is C16H20F3NO. The second-order valence-corrected chi connectivity index (χ2v) is 6.09. The summed E-state index contributed by atoms with van der Waals surface area (Å²) >= 11 is 0. The van der Waals surface area contributed by atoms with Gasteiger partial charge in [0.2, 0.25) is 0 Å². The first-order valence-corrected chi connectivity index (χ1v) is 7.64. The standard InChI is InChI=1S/C16H20F3NO/c17-13-6-11(7-14(18)16(13)19)15-9-20-8-12(21-15)5-10-3-1-2-4-10/h6-7,10,12,15,20H,1-5,8-9H2. The molecule has 0 bridgehead atoms. The summed E-state index contributed by atoms with van der Waals surface area (Å²) in [5, 5.41) is 3.25. The zero-order valence-corrected chi connectivity index (χ0v) is 11.9. The molecule has 5 heteroatoms. The van der Waals surface area contributed by atoms with E-state index in [9.17, 15) is 13.2 Å². The smallest absolute Gasteiger partial charge is 0.194 e. The predicted molar refractivity (Wildman–Crippen MR) is 73.4 cm³/mol. The molecular weight excluding hydrogens is 279 g/mol. The molecule has 1 heterocycles. The Morgan fingerprint density at radius 1 is 1.05 bits per heavy atom. The highest BCUT2D eigenvalue weighted by Gasteiger charge is 2.28. The van der Waals surface area contributed by atoms with Gasteiger partial charge in [-0.15, -0.1) is 0 Å². The third kappa shape index (κ3) is 3.40. The number of nitrogens with one attached hydrogen (secondary N) is 1. The summed E-state index contributed by atoms with van der Waals surface area (Å²) in [5.41, 5.74) is 0.357. The fourth-order valence-electron chi connectivity index (χ4n) is 3.42. The number of rotatable bonds is 3. The van der Waals surface area contributed by atoms with Crippen LogP contribution >= 0.6 is 0 Å². The molecule has 116 valence electrons. The van der Waals surface area contributed by atoms with Gasteiger partial charge < -0.3 is 10.1 Å². The molecule has 1 aliphatic heterocycles. The summed E-state index contributed by atoms with van der Waals surface area (Å²) in [6.07, 6.45) is 5.66. The minimum atomic E-state index is -1.43. The van der Waals surface area contributed by atoms with Gasteiger partial charge in [0.25, 0.3) is 0 Å². The van der Waals surface area contributed by atoms with E-state index in [1.54, 1.807) is 0 Å². The summed E-state index contributed by atoms with van der Waals surface area (Å²) < 4.78 is 45.6. The van der Waals surface area contributed by atoms with E-state index in [1.165, 1.54) is 25.7 Å². The maximum atomic E-state index is 13.3. The Bertz CT molecular complexity index is 479. The first kappa shape index (κ1) is 14.9. The Kier molecular flexibility index (Phi) is 4.50. The number of hydrogen-bond donors (Lipinski definition) is 1. The van der Waals surface area contributed by atoms with Gasteiger partial charge in [0.05, 0.1) is 12.2 Å². The fraction of sp³-hybridized carbons (Fsp3) is 0.625. The van der Waals surface area contributed by atoms with Crippen molar-refractivity contribution in [1.29, 1.82) is 0 Å². The van der Waals surface area contributed by atoms with Gasteiger partial charge in [-0.25, -0.2) is 13.2 Å². The molecule has 3 rings (SSSR count). The Morgan fingerprint density at radius 3 is 2.38 bits per heavy atom. The summed E-state index contributed by atoms with van der Waals surface area (Å²) in [6.45, 7) is 1.25. The average molecular weight is 299 g/mol. The van der Waals surface area contributed by atoms with Gasteiger partial charge in [-0.3, -0.25) is 0 Å². The van der Waals surface area contributed by atoms with Crippen LogP contribution in [0, 0.1) is 23.4 Å². The summed E-state index contributed by atoms with van der Waals surface area (Å²) in [7, 11) is 0. The molecule has 1 saturated carbocycles. The molecule has 0 spiro atoms. The van der Waals surface area contributed by atoms with Crippen LogP contribution in [0.1, 0.15) is 43.8 Å². The van der Waals surface area contributed by atoms with E-state index in [4.69, 9.17) is 4.74 Å². The van der Waals surface area contributed by atoms with E-state index < -0.39 is 23.6 Å². The first-order chi connectivity index (χ1) is 10.1. The maximum absolute atomic E-state index is 13.3. The lowest BCUT2D eigenvalue weighted by atomic mass is 9.98. The van der Waals surface area contributed by atoms with Gasteiger partial charge in [-0.2, -0.15) is 0 Å². The zero-order valence-electron chi connectivity index (χ0n) is 11.9. The Hall–Kier alpha value is -1.07. The molecule has 1 N–H and O–H groups in total. The second-order valence-electron chi connectivity index (χ2n) is 6.09. The van der Waals surface area contributed by atoms with Gasteiger partial charge in [-0.1, -0.05) is 25.7 Å². The predicted octanol–water partition coefficient (Wildman–Crippen LogP) is 3.71. The quantitative estimate of drug-likeness (QED) is 0.859. The van der Waals surface area contributed by atoms with E-state index in [1.807, 2.05) is 0 Å². The van der Waals surface area contributed by atoms with Crippen molar-refractivity contribution in [2.45, 2.75) is 44.3 Å². The number of halogens is 3. The molecule has 0 aromatic heterocycles. The monoisotopic (exact) mass is 299 g/mol. The van der Waals surface area contributed by atoms with Crippen LogP contribution in [0.5, 0.6) is 0 Å². The molecule has 1 saturated heterocycles. The van der Waals surface area contributed by atoms with Crippen LogP contribution in [0.4, 0.5) is 13.2 Å². The molecule has 21 heavy (non-hydrogen) atoms. The largest absolute Gasteiger partial charge is 0.368 e. The van der Waals surface area contributed by atoms with Gasteiger partial charge >= 0.3 is 0 Å². The zero-order chi connectivity index (χ0) is 14.8. The third-order valence-electron chi connectivity index (χ3n) is 4.51. The molecule has 1 aromatic rings. The van der Waals surface area contributed by atoms with Crippen molar-refractivity contribution in [3.63, 3.8) is 0 Å². The molecule has 1 aromatic carbocycles. The van der Waals surface area contributed by atoms with Crippen LogP contribution in [-0.2, 0) is 4.74 Å². The molecule has 2 unspecified atom stereocenters. The Balaban J connectivity index is 1.67. The summed E-state index contributed by atoms with van der Waals surface area (Å²) in [6, 6.07) is 2.06. The topological polar surface area (TPSA) is 21.3 Å². The van der Waals surface area contributed by atoms with Crippen LogP contribution < -0.4 is 5.32 Å². The van der Waals surface area contributed by atoms with Crippen molar-refractivity contribution in [3.05, 3.63) is 35.1 Å². The lowest BCUT2D eigenvalue weighted by Crippen LogP contribution is -2.41. The minimum absolute atomic E-state index is 0.0584. The van der Waals surface area contributed by atoms with Crippen LogP contribution in [0.25, 0.3) is 0 Å². The molecule has 2 nitrogen and oxygen atoms in total. The Morgan fingerprint density at radius 2 is 1.71 bits per heavy atom. The highest BCUT2D eigenvalue weighted by atomic mass is 19.2. The molecule has 1 aliphatic carbocycles. The van der Waals surface area contributed by atoms with Gasteiger partial charge in [-0.05, 0) is 30.0 Å². The van der Waals surface area contributed by atoms with Crippen LogP contribution in [0.3, 0.4) is 0 Å². The van der Waals surface area contributed by atoms with E-state index >= 15 is 0 Å². The number of ether oxygens (including phenoxy) is 1. The number of benzene rings is 1. The van der Waals surface area contributed by atoms with E-state index in [-0.39, 0.29) is 6.10 Å². The lowest BCUT2D eigenvalue weighted by molar-refractivity contribution is -0.0491. The molecule has 0 radical (unpaired) electrons. The normalized spacial score (nSPS) is 27.2.